The Morgan fingerprint density at radius 1 is 1.41 bits per heavy atom. The van der Waals surface area contributed by atoms with Crippen molar-refractivity contribution in [3.05, 3.63) is 29.3 Å². The van der Waals surface area contributed by atoms with Crippen molar-refractivity contribution in [2.24, 2.45) is 0 Å². The quantitative estimate of drug-likeness (QED) is 0.778. The Hall–Kier alpha value is -1.65. The van der Waals surface area contributed by atoms with Crippen LogP contribution in [0.1, 0.15) is 24.8 Å². The third kappa shape index (κ3) is 3.15. The Balaban J connectivity index is 3.06. The summed E-state index contributed by atoms with van der Waals surface area (Å²) in [6, 6.07) is 2.28. The summed E-state index contributed by atoms with van der Waals surface area (Å²) < 4.78 is 32.2. The Kier molecular flexibility index (Phi) is 4.87. The van der Waals surface area contributed by atoms with Crippen LogP contribution >= 0.6 is 0 Å². The molecule has 0 heterocycles. The van der Waals surface area contributed by atoms with E-state index in [-0.39, 0.29) is 23.8 Å². The molecule has 0 fully saturated rings. The molecule has 1 atom stereocenters. The van der Waals surface area contributed by atoms with Gasteiger partial charge in [0.2, 0.25) is 6.41 Å². The van der Waals surface area contributed by atoms with Crippen molar-refractivity contribution in [3.63, 3.8) is 0 Å². The van der Waals surface area contributed by atoms with E-state index in [4.69, 9.17) is 4.74 Å². The second kappa shape index (κ2) is 6.18. The van der Waals surface area contributed by atoms with Crippen LogP contribution < -0.4 is 10.1 Å². The largest absolute Gasteiger partial charge is 0.497 e. The number of carbonyl (C=O) groups excluding carboxylic acids is 1. The molecule has 0 radical (unpaired) electrons. The highest BCUT2D eigenvalue weighted by atomic mass is 19.1. The fourth-order valence-electron chi connectivity index (χ4n) is 1.71. The Morgan fingerprint density at radius 2 is 2.00 bits per heavy atom. The standard InChI is InChI=1S/C12H15F2NO2/c1-3-8(6-15-7-16)12-10(13)4-9(17-2)5-11(12)14/h4-5,7-8H,3,6H2,1-2H3,(H,15,16). The van der Waals surface area contributed by atoms with Crippen molar-refractivity contribution < 1.29 is 18.3 Å². The summed E-state index contributed by atoms with van der Waals surface area (Å²) in [6.45, 7) is 2.01. The summed E-state index contributed by atoms with van der Waals surface area (Å²) in [4.78, 5) is 10.2. The maximum Gasteiger partial charge on any atom is 0.207 e. The minimum absolute atomic E-state index is 0.0114. The number of hydrogen-bond donors (Lipinski definition) is 1. The fourth-order valence-corrected chi connectivity index (χ4v) is 1.71. The SMILES string of the molecule is CCC(CNC=O)c1c(F)cc(OC)cc1F. The molecule has 1 amide bonds. The van der Waals surface area contributed by atoms with Gasteiger partial charge in [0.05, 0.1) is 7.11 Å². The first-order valence-electron chi connectivity index (χ1n) is 5.34. The zero-order valence-electron chi connectivity index (χ0n) is 9.80. The number of amides is 1. The molecular weight excluding hydrogens is 228 g/mol. The predicted octanol–water partition coefficient (Wildman–Crippen LogP) is 2.21. The van der Waals surface area contributed by atoms with Crippen LogP contribution in [0.5, 0.6) is 5.75 Å². The van der Waals surface area contributed by atoms with Crippen LogP contribution in [0.3, 0.4) is 0 Å². The summed E-state index contributed by atoms with van der Waals surface area (Å²) in [6.07, 6.45) is 1.04. The molecule has 0 bridgehead atoms. The van der Waals surface area contributed by atoms with Crippen LogP contribution in [-0.4, -0.2) is 20.1 Å². The molecule has 0 saturated heterocycles. The van der Waals surface area contributed by atoms with Crippen LogP contribution in [0.2, 0.25) is 0 Å². The summed E-state index contributed by atoms with van der Waals surface area (Å²) in [5.41, 5.74) is -0.0114. The Labute approximate surface area is 98.8 Å². The van der Waals surface area contributed by atoms with Gasteiger partial charge in [0, 0.05) is 30.2 Å². The lowest BCUT2D eigenvalue weighted by molar-refractivity contribution is -0.109. The van der Waals surface area contributed by atoms with E-state index in [1.165, 1.54) is 7.11 Å². The molecule has 17 heavy (non-hydrogen) atoms. The lowest BCUT2D eigenvalue weighted by Crippen LogP contribution is -2.21. The number of ether oxygens (including phenoxy) is 1. The number of rotatable bonds is 6. The second-order valence-electron chi connectivity index (χ2n) is 3.64. The van der Waals surface area contributed by atoms with Gasteiger partial charge in [0.25, 0.3) is 0 Å². The average Bonchev–Trinajstić information content (AvgIpc) is 2.32. The first-order chi connectivity index (χ1) is 8.13. The highest BCUT2D eigenvalue weighted by Crippen LogP contribution is 2.28. The van der Waals surface area contributed by atoms with E-state index in [1.54, 1.807) is 6.92 Å². The van der Waals surface area contributed by atoms with Crippen LogP contribution in [0.4, 0.5) is 8.78 Å². The molecule has 1 rings (SSSR count). The van der Waals surface area contributed by atoms with Gasteiger partial charge in [0.1, 0.15) is 17.4 Å². The monoisotopic (exact) mass is 243 g/mol. The summed E-state index contributed by atoms with van der Waals surface area (Å²) in [5, 5.41) is 2.44. The molecule has 0 spiro atoms. The number of hydrogen-bond acceptors (Lipinski definition) is 2. The van der Waals surface area contributed by atoms with Crippen LogP contribution in [0.25, 0.3) is 0 Å². The maximum atomic E-state index is 13.7. The second-order valence-corrected chi connectivity index (χ2v) is 3.64. The van der Waals surface area contributed by atoms with Gasteiger partial charge < -0.3 is 10.1 Å². The molecule has 1 N–H and O–H groups in total. The number of nitrogens with one attached hydrogen (secondary N) is 1. The molecule has 1 aromatic rings. The molecule has 94 valence electrons. The fraction of sp³-hybridized carbons (Fsp3) is 0.417. The van der Waals surface area contributed by atoms with Crippen molar-refractivity contribution in [1.82, 2.24) is 5.32 Å². The lowest BCUT2D eigenvalue weighted by Gasteiger charge is -2.17. The third-order valence-corrected chi connectivity index (χ3v) is 2.64. The van der Waals surface area contributed by atoms with Crippen LogP contribution in [-0.2, 0) is 4.79 Å². The van der Waals surface area contributed by atoms with Crippen LogP contribution in [0.15, 0.2) is 12.1 Å². The Bertz CT molecular complexity index is 373. The zero-order chi connectivity index (χ0) is 12.8. The molecule has 1 unspecified atom stereocenters. The van der Waals surface area contributed by atoms with Gasteiger partial charge >= 0.3 is 0 Å². The number of halogens is 2. The minimum Gasteiger partial charge on any atom is -0.497 e. The molecule has 3 nitrogen and oxygen atoms in total. The predicted molar refractivity (Wildman–Crippen MR) is 60.0 cm³/mol. The van der Waals surface area contributed by atoms with Gasteiger partial charge in [-0.05, 0) is 6.42 Å². The van der Waals surface area contributed by atoms with E-state index in [9.17, 15) is 13.6 Å². The van der Waals surface area contributed by atoms with Gasteiger partial charge in [-0.3, -0.25) is 4.79 Å². The summed E-state index contributed by atoms with van der Waals surface area (Å²) in [5.74, 6) is -1.55. The minimum atomic E-state index is -0.651. The molecule has 0 aliphatic rings. The number of carbonyl (C=O) groups is 1. The summed E-state index contributed by atoms with van der Waals surface area (Å²) >= 11 is 0. The molecule has 1 aromatic carbocycles. The molecular formula is C12H15F2NO2. The van der Waals surface area contributed by atoms with Crippen molar-refractivity contribution in [1.29, 1.82) is 0 Å². The maximum absolute atomic E-state index is 13.7. The van der Waals surface area contributed by atoms with Crippen molar-refractivity contribution in [2.75, 3.05) is 13.7 Å². The molecule has 5 heteroatoms. The van der Waals surface area contributed by atoms with Crippen molar-refractivity contribution in [3.8, 4) is 5.75 Å². The van der Waals surface area contributed by atoms with Gasteiger partial charge in [0.15, 0.2) is 0 Å². The first-order valence-corrected chi connectivity index (χ1v) is 5.34. The van der Waals surface area contributed by atoms with Gasteiger partial charge in [-0.15, -0.1) is 0 Å². The molecule has 0 saturated carbocycles. The van der Waals surface area contributed by atoms with E-state index in [0.717, 1.165) is 12.1 Å². The van der Waals surface area contributed by atoms with E-state index in [2.05, 4.69) is 5.32 Å². The van der Waals surface area contributed by atoms with Crippen molar-refractivity contribution >= 4 is 6.41 Å². The number of benzene rings is 1. The van der Waals surface area contributed by atoms with E-state index in [1.807, 2.05) is 0 Å². The first kappa shape index (κ1) is 13.4. The van der Waals surface area contributed by atoms with E-state index < -0.39 is 11.6 Å². The van der Waals surface area contributed by atoms with Crippen LogP contribution in [0, 0.1) is 11.6 Å². The van der Waals surface area contributed by atoms with E-state index in [0.29, 0.717) is 12.8 Å². The number of methoxy groups -OCH3 is 1. The summed E-state index contributed by atoms with van der Waals surface area (Å²) in [7, 11) is 1.35. The zero-order valence-corrected chi connectivity index (χ0v) is 9.80. The molecule has 0 aliphatic heterocycles. The Morgan fingerprint density at radius 3 is 2.41 bits per heavy atom. The van der Waals surface area contributed by atoms with Gasteiger partial charge in [-0.25, -0.2) is 8.78 Å². The van der Waals surface area contributed by atoms with E-state index >= 15 is 0 Å². The smallest absolute Gasteiger partial charge is 0.207 e. The topological polar surface area (TPSA) is 38.3 Å². The van der Waals surface area contributed by atoms with Gasteiger partial charge in [-0.2, -0.15) is 0 Å². The lowest BCUT2D eigenvalue weighted by atomic mass is 9.95. The molecule has 0 aromatic heterocycles. The highest BCUT2D eigenvalue weighted by molar-refractivity contribution is 5.46. The highest BCUT2D eigenvalue weighted by Gasteiger charge is 2.19. The van der Waals surface area contributed by atoms with Gasteiger partial charge in [-0.1, -0.05) is 6.92 Å². The molecule has 0 aliphatic carbocycles. The average molecular weight is 243 g/mol. The third-order valence-electron chi connectivity index (χ3n) is 2.64. The normalized spacial score (nSPS) is 12.0. The van der Waals surface area contributed by atoms with Crippen molar-refractivity contribution in [2.45, 2.75) is 19.3 Å².